The largest absolute Gasteiger partial charge is 0.350 e. The highest BCUT2D eigenvalue weighted by Gasteiger charge is 2.06. The summed E-state index contributed by atoms with van der Waals surface area (Å²) in [5.41, 5.74) is 1.14. The summed E-state index contributed by atoms with van der Waals surface area (Å²) < 4.78 is 0. The zero-order valence-corrected chi connectivity index (χ0v) is 8.08. The summed E-state index contributed by atoms with van der Waals surface area (Å²) in [6.45, 7) is 3.84. The first-order chi connectivity index (χ1) is 6.24. The minimum Gasteiger partial charge on any atom is -0.350 e. The lowest BCUT2D eigenvalue weighted by molar-refractivity contribution is -0.121. The summed E-state index contributed by atoms with van der Waals surface area (Å²) in [5, 5.41) is 2.91. The van der Waals surface area contributed by atoms with E-state index in [4.69, 9.17) is 0 Å². The van der Waals surface area contributed by atoms with Gasteiger partial charge in [-0.05, 0) is 12.5 Å². The van der Waals surface area contributed by atoms with E-state index in [1.54, 1.807) is 0 Å². The first-order valence-corrected chi connectivity index (χ1v) is 4.58. The minimum atomic E-state index is 0. The van der Waals surface area contributed by atoms with E-state index in [2.05, 4.69) is 5.32 Å². The Labute approximate surface area is 80.5 Å². The SMILES string of the molecule is CCC(=O)N[C@H](C)c1ccccc1.[HH]. The van der Waals surface area contributed by atoms with Crippen molar-refractivity contribution in [1.82, 2.24) is 5.32 Å². The molecule has 1 aromatic rings. The van der Waals surface area contributed by atoms with Crippen LogP contribution in [-0.2, 0) is 4.79 Å². The van der Waals surface area contributed by atoms with Crippen LogP contribution in [0.2, 0.25) is 0 Å². The lowest BCUT2D eigenvalue weighted by Crippen LogP contribution is -2.25. The topological polar surface area (TPSA) is 29.1 Å². The molecule has 0 spiro atoms. The van der Waals surface area contributed by atoms with Crippen molar-refractivity contribution in [3.05, 3.63) is 35.9 Å². The average molecular weight is 179 g/mol. The molecule has 0 saturated heterocycles. The van der Waals surface area contributed by atoms with Crippen molar-refractivity contribution >= 4 is 5.91 Å². The molecule has 1 rings (SSSR count). The van der Waals surface area contributed by atoms with Gasteiger partial charge in [0.2, 0.25) is 5.91 Å². The predicted molar refractivity (Wildman–Crippen MR) is 55.4 cm³/mol. The van der Waals surface area contributed by atoms with Crippen LogP contribution in [0.5, 0.6) is 0 Å². The van der Waals surface area contributed by atoms with Crippen molar-refractivity contribution in [2.75, 3.05) is 0 Å². The minimum absolute atomic E-state index is 0. The van der Waals surface area contributed by atoms with Crippen molar-refractivity contribution in [3.63, 3.8) is 0 Å². The predicted octanol–water partition coefficient (Wildman–Crippen LogP) is 2.52. The molecule has 0 bridgehead atoms. The Hall–Kier alpha value is -1.31. The van der Waals surface area contributed by atoms with Crippen molar-refractivity contribution < 1.29 is 6.22 Å². The summed E-state index contributed by atoms with van der Waals surface area (Å²) in [6.07, 6.45) is 0.539. The molecular formula is C11H17NO. The molecule has 0 radical (unpaired) electrons. The van der Waals surface area contributed by atoms with Crippen LogP contribution in [0.4, 0.5) is 0 Å². The van der Waals surface area contributed by atoms with Gasteiger partial charge in [-0.25, -0.2) is 0 Å². The van der Waals surface area contributed by atoms with Gasteiger partial charge in [0.05, 0.1) is 6.04 Å². The molecule has 1 N–H and O–H groups in total. The highest BCUT2D eigenvalue weighted by Crippen LogP contribution is 2.10. The van der Waals surface area contributed by atoms with E-state index in [1.165, 1.54) is 0 Å². The van der Waals surface area contributed by atoms with Crippen LogP contribution in [0.15, 0.2) is 30.3 Å². The maximum atomic E-state index is 11.1. The Balaban J connectivity index is 0.00000169. The monoisotopic (exact) mass is 179 g/mol. The lowest BCUT2D eigenvalue weighted by Gasteiger charge is -2.13. The number of amides is 1. The van der Waals surface area contributed by atoms with Crippen molar-refractivity contribution in [2.24, 2.45) is 0 Å². The number of rotatable bonds is 3. The molecule has 0 aliphatic rings. The molecule has 0 aliphatic heterocycles. The molecule has 72 valence electrons. The van der Waals surface area contributed by atoms with Crippen molar-refractivity contribution in [2.45, 2.75) is 26.3 Å². The van der Waals surface area contributed by atoms with Gasteiger partial charge in [0.1, 0.15) is 0 Å². The summed E-state index contributed by atoms with van der Waals surface area (Å²) in [4.78, 5) is 11.1. The third kappa shape index (κ3) is 2.90. The summed E-state index contributed by atoms with van der Waals surface area (Å²) >= 11 is 0. The van der Waals surface area contributed by atoms with E-state index >= 15 is 0 Å². The van der Waals surface area contributed by atoms with Crippen molar-refractivity contribution in [1.29, 1.82) is 0 Å². The Morgan fingerprint density at radius 1 is 1.46 bits per heavy atom. The molecule has 0 unspecified atom stereocenters. The zero-order valence-electron chi connectivity index (χ0n) is 8.08. The van der Waals surface area contributed by atoms with E-state index in [1.807, 2.05) is 44.2 Å². The Morgan fingerprint density at radius 3 is 2.62 bits per heavy atom. The van der Waals surface area contributed by atoms with Gasteiger partial charge < -0.3 is 5.32 Å². The summed E-state index contributed by atoms with van der Waals surface area (Å²) in [5.74, 6) is 0.0938. The fourth-order valence-corrected chi connectivity index (χ4v) is 1.17. The average Bonchev–Trinajstić information content (AvgIpc) is 2.19. The molecule has 1 atom stereocenters. The van der Waals surface area contributed by atoms with Gasteiger partial charge in [-0.3, -0.25) is 4.79 Å². The highest BCUT2D eigenvalue weighted by molar-refractivity contribution is 5.75. The highest BCUT2D eigenvalue weighted by atomic mass is 16.1. The third-order valence-corrected chi connectivity index (χ3v) is 2.00. The zero-order chi connectivity index (χ0) is 9.68. The van der Waals surface area contributed by atoms with Gasteiger partial charge in [-0.15, -0.1) is 0 Å². The maximum Gasteiger partial charge on any atom is 0.220 e. The lowest BCUT2D eigenvalue weighted by atomic mass is 10.1. The number of carbonyl (C=O) groups is 1. The van der Waals surface area contributed by atoms with Crippen LogP contribution < -0.4 is 5.32 Å². The van der Waals surface area contributed by atoms with Crippen LogP contribution in [0, 0.1) is 0 Å². The van der Waals surface area contributed by atoms with Gasteiger partial charge in [-0.2, -0.15) is 0 Å². The number of carbonyl (C=O) groups excluding carboxylic acids is 1. The van der Waals surface area contributed by atoms with Crippen LogP contribution in [0.25, 0.3) is 0 Å². The molecule has 0 saturated carbocycles. The molecule has 0 aliphatic carbocycles. The van der Waals surface area contributed by atoms with E-state index in [-0.39, 0.29) is 13.4 Å². The van der Waals surface area contributed by atoms with Gasteiger partial charge in [0.15, 0.2) is 0 Å². The van der Waals surface area contributed by atoms with Gasteiger partial charge in [0, 0.05) is 7.85 Å². The first-order valence-electron chi connectivity index (χ1n) is 4.58. The number of hydrogen-bond acceptors (Lipinski definition) is 1. The number of hydrogen-bond donors (Lipinski definition) is 1. The Kier molecular flexibility index (Phi) is 3.50. The maximum absolute atomic E-state index is 11.1. The van der Waals surface area contributed by atoms with Crippen LogP contribution in [-0.4, -0.2) is 5.91 Å². The number of benzene rings is 1. The molecule has 0 fully saturated rings. The van der Waals surface area contributed by atoms with Crippen LogP contribution in [0.3, 0.4) is 0 Å². The normalized spacial score (nSPS) is 12.2. The first kappa shape index (κ1) is 9.78. The summed E-state index contributed by atoms with van der Waals surface area (Å²) in [6, 6.07) is 10.1. The quantitative estimate of drug-likeness (QED) is 0.759. The van der Waals surface area contributed by atoms with Gasteiger partial charge in [-0.1, -0.05) is 37.3 Å². The second kappa shape index (κ2) is 4.65. The second-order valence-electron chi connectivity index (χ2n) is 3.05. The smallest absolute Gasteiger partial charge is 0.220 e. The second-order valence-corrected chi connectivity index (χ2v) is 3.05. The van der Waals surface area contributed by atoms with Gasteiger partial charge in [0.25, 0.3) is 0 Å². The molecule has 0 heterocycles. The van der Waals surface area contributed by atoms with Crippen LogP contribution in [0.1, 0.15) is 33.3 Å². The van der Waals surface area contributed by atoms with E-state index in [0.717, 1.165) is 5.56 Å². The molecule has 1 amide bonds. The van der Waals surface area contributed by atoms with E-state index < -0.39 is 0 Å². The molecule has 0 aromatic heterocycles. The fraction of sp³-hybridized carbons (Fsp3) is 0.364. The Bertz CT molecular complexity index is 274. The molecule has 1 aromatic carbocycles. The molecular weight excluding hydrogens is 162 g/mol. The van der Waals surface area contributed by atoms with E-state index in [9.17, 15) is 4.79 Å². The van der Waals surface area contributed by atoms with Crippen molar-refractivity contribution in [3.8, 4) is 0 Å². The fourth-order valence-electron chi connectivity index (χ4n) is 1.17. The van der Waals surface area contributed by atoms with E-state index in [0.29, 0.717) is 6.42 Å². The third-order valence-electron chi connectivity index (χ3n) is 2.00. The van der Waals surface area contributed by atoms with Crippen LogP contribution >= 0.6 is 0 Å². The standard InChI is InChI=1S/C11H15NO.H2/c1-3-11(13)12-9(2)10-7-5-4-6-8-10;/h4-9H,3H2,1-2H3,(H,12,13);1H/t9-;/m1./s1. The van der Waals surface area contributed by atoms with Gasteiger partial charge >= 0.3 is 0 Å². The Morgan fingerprint density at radius 2 is 2.08 bits per heavy atom. The summed E-state index contributed by atoms with van der Waals surface area (Å²) in [7, 11) is 0. The molecule has 2 nitrogen and oxygen atoms in total. The molecule has 2 heteroatoms. The number of nitrogens with one attached hydrogen (secondary N) is 1. The molecule has 13 heavy (non-hydrogen) atoms.